The standard InChI is InChI=1S/C20H36N2O5/c1-20(2,3)27-19(25)22-17(15-9-12-26-13-10-15)18(24)21-11-5-7-14-6-4-8-16(14)23/h14-17,23H,4-13H2,1-3H3,(H,21,24)(H,22,25)/t14-,16+,17-/m0/s1. The van der Waals surface area contributed by atoms with Gasteiger partial charge in [-0.05, 0) is 71.1 Å². The van der Waals surface area contributed by atoms with Crippen LogP contribution in [0.3, 0.4) is 0 Å². The number of hydrogen-bond donors (Lipinski definition) is 3. The van der Waals surface area contributed by atoms with Gasteiger partial charge in [-0.15, -0.1) is 0 Å². The van der Waals surface area contributed by atoms with E-state index >= 15 is 0 Å². The lowest BCUT2D eigenvalue weighted by Gasteiger charge is -2.31. The summed E-state index contributed by atoms with van der Waals surface area (Å²) < 4.78 is 10.7. The summed E-state index contributed by atoms with van der Waals surface area (Å²) in [4.78, 5) is 24.9. The summed E-state index contributed by atoms with van der Waals surface area (Å²) in [5.74, 6) is 0.232. The van der Waals surface area contributed by atoms with E-state index in [-0.39, 0.29) is 17.9 Å². The van der Waals surface area contributed by atoms with Gasteiger partial charge >= 0.3 is 6.09 Å². The van der Waals surface area contributed by atoms with E-state index < -0.39 is 17.7 Å². The van der Waals surface area contributed by atoms with Crippen LogP contribution in [0.2, 0.25) is 0 Å². The quantitative estimate of drug-likeness (QED) is 0.586. The van der Waals surface area contributed by atoms with Crippen molar-refractivity contribution in [3.05, 3.63) is 0 Å². The van der Waals surface area contributed by atoms with E-state index in [4.69, 9.17) is 9.47 Å². The molecular formula is C20H36N2O5. The fraction of sp³-hybridized carbons (Fsp3) is 0.900. The molecule has 3 N–H and O–H groups in total. The zero-order chi connectivity index (χ0) is 19.9. The molecule has 0 unspecified atom stereocenters. The summed E-state index contributed by atoms with van der Waals surface area (Å²) in [5.41, 5.74) is -0.608. The third-order valence-corrected chi connectivity index (χ3v) is 5.36. The summed E-state index contributed by atoms with van der Waals surface area (Å²) in [6.07, 6.45) is 5.52. The first kappa shape index (κ1) is 22.0. The number of aliphatic hydroxyl groups excluding tert-OH is 1. The molecule has 1 saturated carbocycles. The monoisotopic (exact) mass is 384 g/mol. The molecule has 156 valence electrons. The average Bonchev–Trinajstić information content (AvgIpc) is 3.00. The highest BCUT2D eigenvalue weighted by Crippen LogP contribution is 2.29. The number of rotatable bonds is 7. The number of hydrogen-bond acceptors (Lipinski definition) is 5. The third-order valence-electron chi connectivity index (χ3n) is 5.36. The molecule has 0 aromatic rings. The van der Waals surface area contributed by atoms with Crippen LogP contribution >= 0.6 is 0 Å². The van der Waals surface area contributed by atoms with Gasteiger partial charge in [0.1, 0.15) is 11.6 Å². The normalized spacial score (nSPS) is 25.0. The summed E-state index contributed by atoms with van der Waals surface area (Å²) in [6.45, 7) is 7.15. The Bertz CT molecular complexity index is 485. The number of ether oxygens (including phenoxy) is 2. The van der Waals surface area contributed by atoms with Gasteiger partial charge in [0, 0.05) is 19.8 Å². The molecule has 0 aromatic heterocycles. The first-order chi connectivity index (χ1) is 12.8. The molecule has 1 aliphatic carbocycles. The van der Waals surface area contributed by atoms with Gasteiger partial charge in [0.25, 0.3) is 0 Å². The highest BCUT2D eigenvalue weighted by Gasteiger charge is 2.32. The molecule has 7 heteroatoms. The van der Waals surface area contributed by atoms with Crippen molar-refractivity contribution in [1.82, 2.24) is 10.6 Å². The number of carbonyl (C=O) groups is 2. The largest absolute Gasteiger partial charge is 0.444 e. The predicted molar refractivity (Wildman–Crippen MR) is 102 cm³/mol. The molecule has 0 spiro atoms. The Labute approximate surface area is 162 Å². The van der Waals surface area contributed by atoms with E-state index in [0.29, 0.717) is 25.7 Å². The molecular weight excluding hydrogens is 348 g/mol. The maximum atomic E-state index is 12.7. The minimum atomic E-state index is -0.610. The minimum Gasteiger partial charge on any atom is -0.444 e. The van der Waals surface area contributed by atoms with Crippen molar-refractivity contribution in [2.75, 3.05) is 19.8 Å². The second kappa shape index (κ2) is 10.3. The Hall–Kier alpha value is -1.34. The Morgan fingerprint density at radius 1 is 1.19 bits per heavy atom. The van der Waals surface area contributed by atoms with Crippen LogP contribution in [0.25, 0.3) is 0 Å². The molecule has 0 bridgehead atoms. The fourth-order valence-electron chi connectivity index (χ4n) is 3.92. The molecule has 1 aliphatic heterocycles. The lowest BCUT2D eigenvalue weighted by atomic mass is 9.91. The lowest BCUT2D eigenvalue weighted by molar-refractivity contribution is -0.125. The summed E-state index contributed by atoms with van der Waals surface area (Å²) in [7, 11) is 0. The summed E-state index contributed by atoms with van der Waals surface area (Å²) >= 11 is 0. The molecule has 1 heterocycles. The Kier molecular flexibility index (Phi) is 8.35. The average molecular weight is 385 g/mol. The molecule has 3 atom stereocenters. The number of amides is 2. The molecule has 2 aliphatic rings. The van der Waals surface area contributed by atoms with Gasteiger partial charge in [-0.2, -0.15) is 0 Å². The van der Waals surface area contributed by atoms with Crippen molar-refractivity contribution in [1.29, 1.82) is 0 Å². The van der Waals surface area contributed by atoms with Crippen molar-refractivity contribution in [2.24, 2.45) is 11.8 Å². The summed E-state index contributed by atoms with van der Waals surface area (Å²) in [5, 5.41) is 15.6. The highest BCUT2D eigenvalue weighted by atomic mass is 16.6. The van der Waals surface area contributed by atoms with Gasteiger partial charge in [0.2, 0.25) is 5.91 Å². The SMILES string of the molecule is CC(C)(C)OC(=O)N[C@H](C(=O)NCCC[C@@H]1CCC[C@H]1O)C1CCOCC1. The van der Waals surface area contributed by atoms with Crippen LogP contribution in [0.15, 0.2) is 0 Å². The molecule has 2 amide bonds. The van der Waals surface area contributed by atoms with Crippen molar-refractivity contribution in [2.45, 2.75) is 83.5 Å². The van der Waals surface area contributed by atoms with Crippen molar-refractivity contribution >= 4 is 12.0 Å². The van der Waals surface area contributed by atoms with Crippen LogP contribution < -0.4 is 10.6 Å². The zero-order valence-electron chi connectivity index (χ0n) is 17.0. The topological polar surface area (TPSA) is 96.9 Å². The third kappa shape index (κ3) is 7.66. The first-order valence-electron chi connectivity index (χ1n) is 10.3. The van der Waals surface area contributed by atoms with Gasteiger partial charge < -0.3 is 25.2 Å². The van der Waals surface area contributed by atoms with E-state index in [0.717, 1.165) is 44.9 Å². The second-order valence-corrected chi connectivity index (χ2v) is 8.77. The van der Waals surface area contributed by atoms with E-state index in [1.165, 1.54) is 0 Å². The predicted octanol–water partition coefficient (Wildman–Crippen LogP) is 2.36. The van der Waals surface area contributed by atoms with Crippen LogP contribution in [0, 0.1) is 11.8 Å². The smallest absolute Gasteiger partial charge is 0.408 e. The fourth-order valence-corrected chi connectivity index (χ4v) is 3.92. The van der Waals surface area contributed by atoms with E-state index in [9.17, 15) is 14.7 Å². The molecule has 1 saturated heterocycles. The number of nitrogens with one attached hydrogen (secondary N) is 2. The van der Waals surface area contributed by atoms with Crippen LogP contribution in [0.1, 0.15) is 65.7 Å². The minimum absolute atomic E-state index is 0.0444. The van der Waals surface area contributed by atoms with Gasteiger partial charge in [-0.1, -0.05) is 6.42 Å². The molecule has 2 rings (SSSR count). The maximum Gasteiger partial charge on any atom is 0.408 e. The molecule has 27 heavy (non-hydrogen) atoms. The van der Waals surface area contributed by atoms with Crippen LogP contribution in [-0.2, 0) is 14.3 Å². The highest BCUT2D eigenvalue weighted by molar-refractivity contribution is 5.86. The van der Waals surface area contributed by atoms with Crippen LogP contribution in [0.4, 0.5) is 4.79 Å². The molecule has 0 radical (unpaired) electrons. The van der Waals surface area contributed by atoms with Crippen LogP contribution in [-0.4, -0.2) is 54.6 Å². The second-order valence-electron chi connectivity index (χ2n) is 8.77. The maximum absolute atomic E-state index is 12.7. The Balaban J connectivity index is 1.83. The van der Waals surface area contributed by atoms with Gasteiger partial charge in [0.05, 0.1) is 6.10 Å². The molecule has 0 aromatic carbocycles. The number of carbonyl (C=O) groups excluding carboxylic acids is 2. The van der Waals surface area contributed by atoms with Crippen molar-refractivity contribution in [3.8, 4) is 0 Å². The molecule has 2 fully saturated rings. The van der Waals surface area contributed by atoms with Crippen LogP contribution in [0.5, 0.6) is 0 Å². The van der Waals surface area contributed by atoms with E-state index in [2.05, 4.69) is 10.6 Å². The lowest BCUT2D eigenvalue weighted by Crippen LogP contribution is -2.53. The van der Waals surface area contributed by atoms with E-state index in [1.807, 2.05) is 0 Å². The molecule has 7 nitrogen and oxygen atoms in total. The number of alkyl carbamates (subject to hydrolysis) is 1. The first-order valence-corrected chi connectivity index (χ1v) is 10.3. The zero-order valence-corrected chi connectivity index (χ0v) is 17.0. The summed E-state index contributed by atoms with van der Waals surface area (Å²) in [6, 6.07) is -0.610. The van der Waals surface area contributed by atoms with Crippen molar-refractivity contribution in [3.63, 3.8) is 0 Å². The van der Waals surface area contributed by atoms with Crippen molar-refractivity contribution < 1.29 is 24.2 Å². The van der Waals surface area contributed by atoms with Gasteiger partial charge in [-0.25, -0.2) is 4.79 Å². The number of aliphatic hydroxyl groups is 1. The van der Waals surface area contributed by atoms with Gasteiger partial charge in [-0.3, -0.25) is 4.79 Å². The Morgan fingerprint density at radius 3 is 2.48 bits per heavy atom. The van der Waals surface area contributed by atoms with E-state index in [1.54, 1.807) is 20.8 Å². The Morgan fingerprint density at radius 2 is 1.89 bits per heavy atom. The van der Waals surface area contributed by atoms with Gasteiger partial charge in [0.15, 0.2) is 0 Å².